The highest BCUT2D eigenvalue weighted by Gasteiger charge is 2.38. The second-order valence-electron chi connectivity index (χ2n) is 11.4. The first kappa shape index (κ1) is 23.4. The van der Waals surface area contributed by atoms with Crippen molar-refractivity contribution in [1.29, 1.82) is 0 Å². The van der Waals surface area contributed by atoms with E-state index in [1.54, 1.807) is 0 Å². The first-order valence-electron chi connectivity index (χ1n) is 14.4. The molecule has 0 aromatic heterocycles. The lowest BCUT2D eigenvalue weighted by molar-refractivity contribution is -0.117. The average Bonchev–Trinajstić information content (AvgIpc) is 3.00. The Morgan fingerprint density at radius 1 is 0.500 bits per heavy atom. The second-order valence-corrected chi connectivity index (χ2v) is 11.4. The van der Waals surface area contributed by atoms with Crippen molar-refractivity contribution in [3.05, 3.63) is 130 Å². The Morgan fingerprint density at radius 2 is 0.925 bits per heavy atom. The molecule has 0 saturated heterocycles. The standard InChI is InChI=1S/C36H30N2O2/c39-29-15-7-13-27-33(29)31(21-9-3-1-4-10-21)25-19-17-24-23(35(25)37-27)18-20-26-32(22-11-5-2-6-12-22)34-28(38-36(24)26)14-8-16-30(34)40/h1-6,9-12,17-20,31-32,37-38H,7-8,13-16H2. The number of carbonyl (C=O) groups excluding carboxylic acids is 2. The molecule has 2 unspecified atom stereocenters. The summed E-state index contributed by atoms with van der Waals surface area (Å²) in [7, 11) is 0. The number of Topliss-reactive ketones (excluding diaryl/α,β-unsaturated/α-hetero) is 2. The maximum atomic E-state index is 13.3. The van der Waals surface area contributed by atoms with E-state index < -0.39 is 0 Å². The Labute approximate surface area is 233 Å². The summed E-state index contributed by atoms with van der Waals surface area (Å²) in [4.78, 5) is 26.5. The van der Waals surface area contributed by atoms with Gasteiger partial charge in [-0.2, -0.15) is 0 Å². The van der Waals surface area contributed by atoms with Crippen molar-refractivity contribution >= 4 is 33.7 Å². The molecule has 2 N–H and O–H groups in total. The molecule has 2 aliphatic carbocycles. The number of hydrogen-bond donors (Lipinski definition) is 2. The number of ketones is 2. The van der Waals surface area contributed by atoms with Gasteiger partial charge in [-0.15, -0.1) is 0 Å². The van der Waals surface area contributed by atoms with Crippen molar-refractivity contribution < 1.29 is 9.59 Å². The van der Waals surface area contributed by atoms with Crippen LogP contribution < -0.4 is 10.6 Å². The van der Waals surface area contributed by atoms with Gasteiger partial charge in [0.2, 0.25) is 0 Å². The molecule has 4 aromatic carbocycles. The van der Waals surface area contributed by atoms with E-state index in [1.165, 1.54) is 0 Å². The van der Waals surface area contributed by atoms with E-state index in [0.717, 1.165) is 92.6 Å². The molecule has 4 nitrogen and oxygen atoms in total. The van der Waals surface area contributed by atoms with Gasteiger partial charge in [-0.25, -0.2) is 0 Å². The summed E-state index contributed by atoms with van der Waals surface area (Å²) in [6.45, 7) is 0. The predicted octanol–water partition coefficient (Wildman–Crippen LogP) is 7.97. The number of carbonyl (C=O) groups is 2. The molecule has 40 heavy (non-hydrogen) atoms. The highest BCUT2D eigenvalue weighted by Crippen LogP contribution is 2.52. The quantitative estimate of drug-likeness (QED) is 0.280. The van der Waals surface area contributed by atoms with Gasteiger partial charge in [0.25, 0.3) is 0 Å². The third-order valence-corrected chi connectivity index (χ3v) is 9.19. The number of benzene rings is 4. The van der Waals surface area contributed by atoms with Crippen LogP contribution in [0.4, 0.5) is 11.4 Å². The molecular weight excluding hydrogens is 492 g/mol. The number of allylic oxidation sites excluding steroid dienone is 4. The Morgan fingerprint density at radius 3 is 1.35 bits per heavy atom. The molecule has 0 radical (unpaired) electrons. The third-order valence-electron chi connectivity index (χ3n) is 9.19. The molecule has 8 rings (SSSR count). The molecule has 4 aromatic rings. The van der Waals surface area contributed by atoms with Crippen LogP contribution in [-0.2, 0) is 9.59 Å². The zero-order chi connectivity index (χ0) is 26.8. The molecule has 0 saturated carbocycles. The summed E-state index contributed by atoms with van der Waals surface area (Å²) >= 11 is 0. The number of anilines is 2. The third kappa shape index (κ3) is 3.45. The topological polar surface area (TPSA) is 58.2 Å². The van der Waals surface area contributed by atoms with Gasteiger partial charge >= 0.3 is 0 Å². The van der Waals surface area contributed by atoms with Gasteiger partial charge in [0.15, 0.2) is 11.6 Å². The molecule has 0 bridgehead atoms. The molecule has 0 fully saturated rings. The molecule has 2 aliphatic heterocycles. The zero-order valence-corrected chi connectivity index (χ0v) is 22.3. The minimum absolute atomic E-state index is 0.0732. The van der Waals surface area contributed by atoms with E-state index in [-0.39, 0.29) is 23.4 Å². The lowest BCUT2D eigenvalue weighted by atomic mass is 9.73. The number of nitrogens with one attached hydrogen (secondary N) is 2. The molecule has 4 aliphatic rings. The van der Waals surface area contributed by atoms with Crippen LogP contribution >= 0.6 is 0 Å². The van der Waals surface area contributed by atoms with E-state index in [9.17, 15) is 9.59 Å². The van der Waals surface area contributed by atoms with E-state index >= 15 is 0 Å². The first-order valence-corrected chi connectivity index (χ1v) is 14.4. The largest absolute Gasteiger partial charge is 0.358 e. The maximum absolute atomic E-state index is 13.3. The van der Waals surface area contributed by atoms with E-state index in [2.05, 4.69) is 83.4 Å². The summed E-state index contributed by atoms with van der Waals surface area (Å²) in [6, 6.07) is 29.7. The van der Waals surface area contributed by atoms with Gasteiger partial charge in [-0.05, 0) is 47.9 Å². The van der Waals surface area contributed by atoms with Crippen molar-refractivity contribution in [2.75, 3.05) is 10.6 Å². The molecule has 4 heteroatoms. The van der Waals surface area contributed by atoms with Gasteiger partial charge in [0.05, 0.1) is 11.4 Å². The Balaban J connectivity index is 1.35. The first-order chi connectivity index (χ1) is 19.7. The fraction of sp³-hybridized carbons (Fsp3) is 0.222. The number of fused-ring (bicyclic) bond motifs is 5. The van der Waals surface area contributed by atoms with Crippen LogP contribution in [0.3, 0.4) is 0 Å². The van der Waals surface area contributed by atoms with Crippen molar-refractivity contribution in [2.24, 2.45) is 0 Å². The molecule has 2 heterocycles. The fourth-order valence-electron chi connectivity index (χ4n) is 7.45. The Bertz CT molecular complexity index is 1650. The smallest absolute Gasteiger partial charge is 0.161 e. The van der Waals surface area contributed by atoms with Crippen molar-refractivity contribution in [3.63, 3.8) is 0 Å². The summed E-state index contributed by atoms with van der Waals surface area (Å²) in [6.07, 6.45) is 4.76. The van der Waals surface area contributed by atoms with Crippen LogP contribution in [0.1, 0.15) is 72.6 Å². The molecule has 0 amide bonds. The molecule has 196 valence electrons. The highest BCUT2D eigenvalue weighted by molar-refractivity contribution is 6.10. The van der Waals surface area contributed by atoms with E-state index in [1.807, 2.05) is 12.1 Å². The second kappa shape index (κ2) is 9.06. The van der Waals surface area contributed by atoms with E-state index in [4.69, 9.17) is 0 Å². The zero-order valence-electron chi connectivity index (χ0n) is 22.3. The number of hydrogen-bond acceptors (Lipinski definition) is 4. The van der Waals surface area contributed by atoms with E-state index in [0.29, 0.717) is 12.8 Å². The monoisotopic (exact) mass is 522 g/mol. The Hall–Kier alpha value is -4.44. The number of rotatable bonds is 2. The normalized spacial score (nSPS) is 21.7. The fourth-order valence-corrected chi connectivity index (χ4v) is 7.45. The minimum Gasteiger partial charge on any atom is -0.358 e. The summed E-state index contributed by atoms with van der Waals surface area (Å²) in [5.74, 6) is 0.368. The predicted molar refractivity (Wildman–Crippen MR) is 160 cm³/mol. The van der Waals surface area contributed by atoms with Gasteiger partial charge in [0.1, 0.15) is 0 Å². The average molecular weight is 523 g/mol. The van der Waals surface area contributed by atoms with Crippen molar-refractivity contribution in [3.8, 4) is 0 Å². The SMILES string of the molecule is O=C1CCCC2=C1C(c1ccccc1)c1ccc3c4c(ccc3c1N2)C(c1ccccc1)C1=C(CCCC1=O)N4. The van der Waals surface area contributed by atoms with Gasteiger partial charge in [-0.3, -0.25) is 9.59 Å². The van der Waals surface area contributed by atoms with Crippen LogP contribution in [0.25, 0.3) is 10.8 Å². The summed E-state index contributed by atoms with van der Waals surface area (Å²) < 4.78 is 0. The van der Waals surface area contributed by atoms with Gasteiger partial charge in [-0.1, -0.05) is 84.9 Å². The maximum Gasteiger partial charge on any atom is 0.161 e. The van der Waals surface area contributed by atoms with Crippen LogP contribution in [0.5, 0.6) is 0 Å². The lowest BCUT2D eigenvalue weighted by Crippen LogP contribution is -2.28. The van der Waals surface area contributed by atoms with Crippen molar-refractivity contribution in [1.82, 2.24) is 0 Å². The van der Waals surface area contributed by atoms with Crippen LogP contribution in [0, 0.1) is 0 Å². The molecular formula is C36H30N2O2. The highest BCUT2D eigenvalue weighted by atomic mass is 16.1. The van der Waals surface area contributed by atoms with Gasteiger partial charge in [0, 0.05) is 58.0 Å². The minimum atomic E-state index is -0.0732. The van der Waals surface area contributed by atoms with Gasteiger partial charge < -0.3 is 10.6 Å². The van der Waals surface area contributed by atoms with Crippen LogP contribution in [0.2, 0.25) is 0 Å². The Kier molecular flexibility index (Phi) is 5.31. The lowest BCUT2D eigenvalue weighted by Gasteiger charge is -2.37. The summed E-state index contributed by atoms with van der Waals surface area (Å²) in [5, 5.41) is 9.79. The van der Waals surface area contributed by atoms with Crippen molar-refractivity contribution in [2.45, 2.75) is 50.4 Å². The van der Waals surface area contributed by atoms with Crippen LogP contribution in [-0.4, -0.2) is 11.6 Å². The molecule has 0 spiro atoms. The molecule has 2 atom stereocenters. The van der Waals surface area contributed by atoms with Crippen LogP contribution in [0.15, 0.2) is 107 Å². The summed E-state index contributed by atoms with van der Waals surface area (Å²) in [5.41, 5.74) is 10.8.